The standard InChI is InChI=1S/C40H32N6/c1-29-27-36(38-24-26-40(44-42-38)46(33-19-11-5-12-20-33)34-21-13-6-14-22-34)30(2)28-35(29)37-23-25-39(43-41-37)45(31-15-7-3-8-16-31)32-17-9-4-10-18-32/h3-28H,1-2H3. The van der Waals surface area contributed by atoms with Gasteiger partial charge in [0.25, 0.3) is 0 Å². The van der Waals surface area contributed by atoms with Crippen LogP contribution in [-0.2, 0) is 0 Å². The van der Waals surface area contributed by atoms with Crippen molar-refractivity contribution < 1.29 is 0 Å². The minimum atomic E-state index is 0.752. The topological polar surface area (TPSA) is 58.0 Å². The van der Waals surface area contributed by atoms with Crippen molar-refractivity contribution in [2.24, 2.45) is 0 Å². The van der Waals surface area contributed by atoms with Crippen molar-refractivity contribution in [3.8, 4) is 22.5 Å². The predicted molar refractivity (Wildman–Crippen MR) is 187 cm³/mol. The number of hydrogen-bond acceptors (Lipinski definition) is 6. The number of aromatic nitrogens is 4. The molecular weight excluding hydrogens is 564 g/mol. The molecule has 6 heteroatoms. The van der Waals surface area contributed by atoms with Gasteiger partial charge in [0, 0.05) is 33.9 Å². The molecule has 0 atom stereocenters. The Kier molecular flexibility index (Phi) is 7.99. The van der Waals surface area contributed by atoms with E-state index >= 15 is 0 Å². The van der Waals surface area contributed by atoms with E-state index in [4.69, 9.17) is 0 Å². The monoisotopic (exact) mass is 596 g/mol. The lowest BCUT2D eigenvalue weighted by molar-refractivity contribution is 1.00. The SMILES string of the molecule is Cc1cc(-c2ccc(N(c3ccccc3)c3ccccc3)nn2)c(C)cc1-c1ccc(N(c2ccccc2)c2ccccc2)nn1. The fraction of sp³-hybridized carbons (Fsp3) is 0.0500. The highest BCUT2D eigenvalue weighted by molar-refractivity contribution is 5.78. The zero-order valence-electron chi connectivity index (χ0n) is 25.7. The molecule has 46 heavy (non-hydrogen) atoms. The van der Waals surface area contributed by atoms with E-state index in [1.807, 2.05) is 97.1 Å². The maximum absolute atomic E-state index is 4.69. The second kappa shape index (κ2) is 12.8. The molecule has 0 aliphatic heterocycles. The zero-order valence-corrected chi connectivity index (χ0v) is 25.7. The Morgan fingerprint density at radius 2 is 0.652 bits per heavy atom. The summed E-state index contributed by atoms with van der Waals surface area (Å²) in [6.45, 7) is 4.20. The van der Waals surface area contributed by atoms with Gasteiger partial charge in [-0.15, -0.1) is 20.4 Å². The first-order valence-electron chi connectivity index (χ1n) is 15.3. The molecule has 2 aromatic heterocycles. The molecule has 222 valence electrons. The lowest BCUT2D eigenvalue weighted by atomic mass is 9.96. The zero-order chi connectivity index (χ0) is 31.3. The molecule has 0 N–H and O–H groups in total. The largest absolute Gasteiger partial charge is 0.294 e. The van der Waals surface area contributed by atoms with Gasteiger partial charge in [-0.25, -0.2) is 0 Å². The Bertz CT molecular complexity index is 1800. The van der Waals surface area contributed by atoms with E-state index in [1.54, 1.807) is 0 Å². The van der Waals surface area contributed by atoms with Crippen LogP contribution < -0.4 is 9.80 Å². The Morgan fingerprint density at radius 1 is 0.348 bits per heavy atom. The van der Waals surface area contributed by atoms with Crippen LogP contribution in [0.2, 0.25) is 0 Å². The molecule has 0 saturated carbocycles. The van der Waals surface area contributed by atoms with E-state index in [2.05, 4.69) is 105 Å². The summed E-state index contributed by atoms with van der Waals surface area (Å²) in [6, 6.07) is 53.3. The van der Waals surface area contributed by atoms with Gasteiger partial charge in [0.2, 0.25) is 0 Å². The summed E-state index contributed by atoms with van der Waals surface area (Å²) in [5.74, 6) is 1.50. The molecule has 0 saturated heterocycles. The first kappa shape index (κ1) is 28.6. The van der Waals surface area contributed by atoms with Crippen molar-refractivity contribution in [3.63, 3.8) is 0 Å². The van der Waals surface area contributed by atoms with Crippen molar-refractivity contribution in [1.82, 2.24) is 20.4 Å². The molecule has 7 aromatic rings. The number of aryl methyl sites for hydroxylation is 2. The fourth-order valence-corrected chi connectivity index (χ4v) is 5.68. The van der Waals surface area contributed by atoms with Gasteiger partial charge in [-0.3, -0.25) is 9.80 Å². The van der Waals surface area contributed by atoms with Crippen LogP contribution in [0.5, 0.6) is 0 Å². The molecule has 0 amide bonds. The minimum absolute atomic E-state index is 0.752. The second-order valence-electron chi connectivity index (χ2n) is 11.0. The van der Waals surface area contributed by atoms with Crippen LogP contribution in [0.25, 0.3) is 22.5 Å². The third-order valence-corrected chi connectivity index (χ3v) is 7.94. The van der Waals surface area contributed by atoms with Gasteiger partial charge < -0.3 is 0 Å². The maximum Gasteiger partial charge on any atom is 0.160 e. The summed E-state index contributed by atoms with van der Waals surface area (Å²) in [4.78, 5) is 4.22. The van der Waals surface area contributed by atoms with E-state index in [1.165, 1.54) is 0 Å². The molecule has 0 spiro atoms. The maximum atomic E-state index is 4.69. The number of nitrogens with zero attached hydrogens (tertiary/aromatic N) is 6. The average Bonchev–Trinajstić information content (AvgIpc) is 3.12. The molecule has 2 heterocycles. The highest BCUT2D eigenvalue weighted by Gasteiger charge is 2.17. The van der Waals surface area contributed by atoms with Crippen molar-refractivity contribution in [3.05, 3.63) is 169 Å². The van der Waals surface area contributed by atoms with Crippen molar-refractivity contribution in [2.45, 2.75) is 13.8 Å². The lowest BCUT2D eigenvalue weighted by Gasteiger charge is -2.24. The first-order chi connectivity index (χ1) is 22.7. The van der Waals surface area contributed by atoms with Gasteiger partial charge in [-0.1, -0.05) is 72.8 Å². The highest BCUT2D eigenvalue weighted by atomic mass is 15.3. The molecule has 0 fully saturated rings. The van der Waals surface area contributed by atoms with Crippen LogP contribution in [0.4, 0.5) is 34.4 Å². The summed E-state index contributed by atoms with van der Waals surface area (Å²) < 4.78 is 0. The van der Waals surface area contributed by atoms with Crippen molar-refractivity contribution in [2.75, 3.05) is 9.80 Å². The molecule has 5 aromatic carbocycles. The van der Waals surface area contributed by atoms with Gasteiger partial charge >= 0.3 is 0 Å². The number of hydrogen-bond donors (Lipinski definition) is 0. The minimum Gasteiger partial charge on any atom is -0.294 e. The summed E-state index contributed by atoms with van der Waals surface area (Å²) in [5.41, 5.74) is 9.98. The van der Waals surface area contributed by atoms with Crippen LogP contribution >= 0.6 is 0 Å². The lowest BCUT2D eigenvalue weighted by Crippen LogP contribution is -2.12. The normalized spacial score (nSPS) is 10.8. The molecular formula is C40H32N6. The Hall–Kier alpha value is -6.14. The summed E-state index contributed by atoms with van der Waals surface area (Å²) in [5, 5.41) is 18.7. The fourth-order valence-electron chi connectivity index (χ4n) is 5.68. The number of benzene rings is 5. The van der Waals surface area contributed by atoms with Gasteiger partial charge in [0.05, 0.1) is 11.4 Å². The van der Waals surface area contributed by atoms with Gasteiger partial charge in [-0.2, -0.15) is 0 Å². The van der Waals surface area contributed by atoms with E-state index in [0.717, 1.165) is 68.0 Å². The molecule has 0 unspecified atom stereocenters. The summed E-state index contributed by atoms with van der Waals surface area (Å²) >= 11 is 0. The van der Waals surface area contributed by atoms with Gasteiger partial charge in [-0.05, 0) is 110 Å². The van der Waals surface area contributed by atoms with Crippen molar-refractivity contribution in [1.29, 1.82) is 0 Å². The number of rotatable bonds is 8. The van der Waals surface area contributed by atoms with E-state index in [0.29, 0.717) is 0 Å². The molecule has 0 radical (unpaired) electrons. The third-order valence-electron chi connectivity index (χ3n) is 7.94. The van der Waals surface area contributed by atoms with Crippen molar-refractivity contribution >= 4 is 34.4 Å². The molecule has 0 bridgehead atoms. The van der Waals surface area contributed by atoms with E-state index in [9.17, 15) is 0 Å². The third kappa shape index (κ3) is 5.84. The average molecular weight is 597 g/mol. The van der Waals surface area contributed by atoms with Crippen LogP contribution in [0.3, 0.4) is 0 Å². The van der Waals surface area contributed by atoms with Crippen LogP contribution in [-0.4, -0.2) is 20.4 Å². The Balaban J connectivity index is 1.18. The van der Waals surface area contributed by atoms with E-state index in [-0.39, 0.29) is 0 Å². The predicted octanol–water partition coefficient (Wildman–Crippen LogP) is 10.2. The number of anilines is 6. The Morgan fingerprint density at radius 3 is 0.913 bits per heavy atom. The molecule has 6 nitrogen and oxygen atoms in total. The molecule has 7 rings (SSSR count). The number of para-hydroxylation sites is 4. The smallest absolute Gasteiger partial charge is 0.160 e. The second-order valence-corrected chi connectivity index (χ2v) is 11.0. The van der Waals surface area contributed by atoms with Crippen LogP contribution in [0.1, 0.15) is 11.1 Å². The quantitative estimate of drug-likeness (QED) is 0.174. The van der Waals surface area contributed by atoms with Gasteiger partial charge in [0.15, 0.2) is 11.6 Å². The summed E-state index contributed by atoms with van der Waals surface area (Å²) in [7, 11) is 0. The van der Waals surface area contributed by atoms with Gasteiger partial charge in [0.1, 0.15) is 0 Å². The van der Waals surface area contributed by atoms with Crippen LogP contribution in [0.15, 0.2) is 158 Å². The first-order valence-corrected chi connectivity index (χ1v) is 15.3. The summed E-state index contributed by atoms with van der Waals surface area (Å²) in [6.07, 6.45) is 0. The van der Waals surface area contributed by atoms with Crippen LogP contribution in [0, 0.1) is 13.8 Å². The van der Waals surface area contributed by atoms with E-state index < -0.39 is 0 Å². The highest BCUT2D eigenvalue weighted by Crippen LogP contribution is 2.36. The Labute approximate surface area is 269 Å². The molecule has 0 aliphatic rings. The molecule has 0 aliphatic carbocycles.